The van der Waals surface area contributed by atoms with Gasteiger partial charge in [0.25, 0.3) is 5.91 Å². The van der Waals surface area contributed by atoms with Crippen LogP contribution in [0.25, 0.3) is 0 Å². The number of amides is 1. The summed E-state index contributed by atoms with van der Waals surface area (Å²) >= 11 is 0. The summed E-state index contributed by atoms with van der Waals surface area (Å²) in [5, 5.41) is 11.6. The second kappa shape index (κ2) is 6.15. The quantitative estimate of drug-likeness (QED) is 0.797. The van der Waals surface area contributed by atoms with E-state index in [0.29, 0.717) is 12.4 Å². The Morgan fingerprint density at radius 1 is 1.65 bits per heavy atom. The molecule has 1 amide bonds. The molecule has 0 aliphatic heterocycles. The number of hydrogen-bond acceptors (Lipinski definition) is 4. The minimum atomic E-state index is -0.563. The van der Waals surface area contributed by atoms with E-state index in [1.807, 2.05) is 0 Å². The molecule has 94 valence electrons. The maximum Gasteiger partial charge on any atom is 0.257 e. The first-order valence-corrected chi connectivity index (χ1v) is 5.37. The smallest absolute Gasteiger partial charge is 0.257 e. The van der Waals surface area contributed by atoms with Crippen LogP contribution in [-0.4, -0.2) is 47.6 Å². The lowest BCUT2D eigenvalue weighted by atomic mass is 10.2. The van der Waals surface area contributed by atoms with E-state index in [1.54, 1.807) is 14.0 Å². The number of aliphatic hydroxyl groups excluding tert-OH is 1. The summed E-state index contributed by atoms with van der Waals surface area (Å²) < 4.78 is 13.1. The zero-order chi connectivity index (χ0) is 12.8. The molecule has 0 aliphatic rings. The van der Waals surface area contributed by atoms with Gasteiger partial charge in [0.15, 0.2) is 0 Å². The third kappa shape index (κ3) is 3.13. The Bertz CT molecular complexity index is 398. The van der Waals surface area contributed by atoms with Crippen molar-refractivity contribution in [3.8, 4) is 0 Å². The van der Waals surface area contributed by atoms with Crippen LogP contribution >= 0.6 is 0 Å². The molecule has 0 radical (unpaired) electrons. The van der Waals surface area contributed by atoms with Gasteiger partial charge in [-0.2, -0.15) is 0 Å². The number of anilines is 1. The van der Waals surface area contributed by atoms with Crippen molar-refractivity contribution >= 4 is 11.7 Å². The third-order valence-electron chi connectivity index (χ3n) is 2.36. The van der Waals surface area contributed by atoms with Crippen LogP contribution in [0.1, 0.15) is 17.3 Å². The van der Waals surface area contributed by atoms with Crippen molar-refractivity contribution in [1.82, 2.24) is 9.88 Å². The summed E-state index contributed by atoms with van der Waals surface area (Å²) in [7, 11) is 1.61. The highest BCUT2D eigenvalue weighted by atomic mass is 19.1. The SMILES string of the molecule is CCN(CCO)C(=O)c1cc(F)cnc1NC. The molecule has 0 bridgehead atoms. The van der Waals surface area contributed by atoms with Crippen LogP contribution in [0.2, 0.25) is 0 Å². The first-order valence-electron chi connectivity index (χ1n) is 5.37. The molecule has 0 spiro atoms. The van der Waals surface area contributed by atoms with Gasteiger partial charge in [-0.3, -0.25) is 4.79 Å². The molecule has 0 unspecified atom stereocenters. The van der Waals surface area contributed by atoms with Gasteiger partial charge in [0.1, 0.15) is 11.6 Å². The fraction of sp³-hybridized carbons (Fsp3) is 0.455. The minimum absolute atomic E-state index is 0.128. The summed E-state index contributed by atoms with van der Waals surface area (Å²) in [5.41, 5.74) is 0.169. The van der Waals surface area contributed by atoms with E-state index < -0.39 is 5.82 Å². The normalized spacial score (nSPS) is 10.1. The Hall–Kier alpha value is -1.69. The van der Waals surface area contributed by atoms with Gasteiger partial charge >= 0.3 is 0 Å². The Kier molecular flexibility index (Phi) is 4.84. The fourth-order valence-corrected chi connectivity index (χ4v) is 1.50. The molecule has 2 N–H and O–H groups in total. The Labute approximate surface area is 99.3 Å². The van der Waals surface area contributed by atoms with Crippen molar-refractivity contribution in [3.63, 3.8) is 0 Å². The van der Waals surface area contributed by atoms with Crippen molar-refractivity contribution in [2.24, 2.45) is 0 Å². The van der Waals surface area contributed by atoms with E-state index in [0.717, 1.165) is 12.3 Å². The Morgan fingerprint density at radius 2 is 2.35 bits per heavy atom. The van der Waals surface area contributed by atoms with Crippen LogP contribution in [-0.2, 0) is 0 Å². The first kappa shape index (κ1) is 13.4. The number of halogens is 1. The second-order valence-electron chi connectivity index (χ2n) is 3.41. The molecule has 0 saturated carbocycles. The molecule has 0 aromatic carbocycles. The van der Waals surface area contributed by atoms with Crippen molar-refractivity contribution < 1.29 is 14.3 Å². The molecule has 17 heavy (non-hydrogen) atoms. The number of hydrogen-bond donors (Lipinski definition) is 2. The summed E-state index contributed by atoms with van der Waals surface area (Å²) in [6, 6.07) is 1.14. The van der Waals surface area contributed by atoms with Crippen LogP contribution < -0.4 is 5.32 Å². The Balaban J connectivity index is 3.04. The molecule has 6 heteroatoms. The molecule has 0 aliphatic carbocycles. The molecule has 0 atom stereocenters. The van der Waals surface area contributed by atoms with E-state index in [9.17, 15) is 9.18 Å². The van der Waals surface area contributed by atoms with Crippen LogP contribution in [0.15, 0.2) is 12.3 Å². The largest absolute Gasteiger partial charge is 0.395 e. The fourth-order valence-electron chi connectivity index (χ4n) is 1.50. The number of nitrogens with zero attached hydrogens (tertiary/aromatic N) is 2. The predicted molar refractivity (Wildman–Crippen MR) is 62.4 cm³/mol. The van der Waals surface area contributed by atoms with Gasteiger partial charge in [0, 0.05) is 20.1 Å². The highest BCUT2D eigenvalue weighted by molar-refractivity contribution is 5.98. The topological polar surface area (TPSA) is 65.5 Å². The lowest BCUT2D eigenvalue weighted by Crippen LogP contribution is -2.34. The molecule has 0 fully saturated rings. The van der Waals surface area contributed by atoms with Gasteiger partial charge in [0.2, 0.25) is 0 Å². The zero-order valence-corrected chi connectivity index (χ0v) is 9.90. The monoisotopic (exact) mass is 241 g/mol. The number of nitrogens with one attached hydrogen (secondary N) is 1. The highest BCUT2D eigenvalue weighted by Gasteiger charge is 2.18. The van der Waals surface area contributed by atoms with Crippen LogP contribution in [0.3, 0.4) is 0 Å². The molecule has 1 rings (SSSR count). The molecule has 1 aromatic heterocycles. The standard InChI is InChI=1S/C11H16FN3O2/c1-3-15(4-5-16)11(17)9-6-8(12)7-14-10(9)13-2/h6-7,16H,3-5H2,1-2H3,(H,13,14). The molecule has 1 aromatic rings. The first-order chi connectivity index (χ1) is 8.13. The van der Waals surface area contributed by atoms with Gasteiger partial charge in [-0.25, -0.2) is 9.37 Å². The van der Waals surface area contributed by atoms with Gasteiger partial charge in [-0.05, 0) is 13.0 Å². The van der Waals surface area contributed by atoms with Gasteiger partial charge in [0.05, 0.1) is 18.4 Å². The predicted octanol–water partition coefficient (Wildman–Crippen LogP) is 0.717. The number of likely N-dealkylation sites (N-methyl/N-ethyl adjacent to an activating group) is 1. The lowest BCUT2D eigenvalue weighted by Gasteiger charge is -2.20. The molecule has 0 saturated heterocycles. The number of pyridine rings is 1. The summed E-state index contributed by atoms with van der Waals surface area (Å²) in [6.07, 6.45) is 1.05. The number of rotatable bonds is 5. The third-order valence-corrected chi connectivity index (χ3v) is 2.36. The molecular weight excluding hydrogens is 225 g/mol. The van der Waals surface area contributed by atoms with Crippen LogP contribution in [0, 0.1) is 5.82 Å². The molecular formula is C11H16FN3O2. The van der Waals surface area contributed by atoms with Crippen molar-refractivity contribution in [2.45, 2.75) is 6.92 Å². The maximum absolute atomic E-state index is 13.1. The van der Waals surface area contributed by atoms with Gasteiger partial charge < -0.3 is 15.3 Å². The van der Waals surface area contributed by atoms with E-state index in [1.165, 1.54) is 4.90 Å². The van der Waals surface area contributed by atoms with Crippen molar-refractivity contribution in [2.75, 3.05) is 32.1 Å². The second-order valence-corrected chi connectivity index (χ2v) is 3.41. The summed E-state index contributed by atoms with van der Waals surface area (Å²) in [4.78, 5) is 17.3. The summed E-state index contributed by atoms with van der Waals surface area (Å²) in [6.45, 7) is 2.32. The highest BCUT2D eigenvalue weighted by Crippen LogP contribution is 2.15. The van der Waals surface area contributed by atoms with Crippen LogP contribution in [0.4, 0.5) is 10.2 Å². The van der Waals surface area contributed by atoms with Crippen molar-refractivity contribution in [3.05, 3.63) is 23.6 Å². The van der Waals surface area contributed by atoms with E-state index in [2.05, 4.69) is 10.3 Å². The average molecular weight is 241 g/mol. The van der Waals surface area contributed by atoms with E-state index in [4.69, 9.17) is 5.11 Å². The van der Waals surface area contributed by atoms with E-state index in [-0.39, 0.29) is 24.6 Å². The van der Waals surface area contributed by atoms with Gasteiger partial charge in [-0.1, -0.05) is 0 Å². The molecule has 1 heterocycles. The van der Waals surface area contributed by atoms with E-state index >= 15 is 0 Å². The number of aliphatic hydroxyl groups is 1. The number of carbonyl (C=O) groups excluding carboxylic acids is 1. The van der Waals surface area contributed by atoms with Crippen molar-refractivity contribution in [1.29, 1.82) is 0 Å². The van der Waals surface area contributed by atoms with Crippen LogP contribution in [0.5, 0.6) is 0 Å². The number of carbonyl (C=O) groups is 1. The van der Waals surface area contributed by atoms with Gasteiger partial charge in [-0.15, -0.1) is 0 Å². The zero-order valence-electron chi connectivity index (χ0n) is 9.90. The summed E-state index contributed by atoms with van der Waals surface area (Å²) in [5.74, 6) is -0.585. The number of aromatic nitrogens is 1. The average Bonchev–Trinajstić information content (AvgIpc) is 2.35. The Morgan fingerprint density at radius 3 is 2.88 bits per heavy atom. The molecule has 5 nitrogen and oxygen atoms in total. The minimum Gasteiger partial charge on any atom is -0.395 e. The maximum atomic E-state index is 13.1. The lowest BCUT2D eigenvalue weighted by molar-refractivity contribution is 0.0732.